The van der Waals surface area contributed by atoms with Crippen LogP contribution in [-0.4, -0.2) is 21.6 Å². The van der Waals surface area contributed by atoms with Crippen molar-refractivity contribution in [1.82, 2.24) is 15.0 Å². The van der Waals surface area contributed by atoms with Crippen LogP contribution in [0.25, 0.3) is 5.69 Å². The molecular weight excluding hydrogens is 299 g/mol. The van der Waals surface area contributed by atoms with E-state index < -0.39 is 0 Å². The summed E-state index contributed by atoms with van der Waals surface area (Å²) >= 11 is 12.0. The van der Waals surface area contributed by atoms with Gasteiger partial charge in [-0.3, -0.25) is 0 Å². The zero-order chi connectivity index (χ0) is 14.1. The number of ether oxygens (including phenoxy) is 1. The summed E-state index contributed by atoms with van der Waals surface area (Å²) in [6, 6.07) is 7.14. The molecule has 102 valence electrons. The highest BCUT2D eigenvalue weighted by atomic mass is 35.5. The third kappa shape index (κ3) is 2.38. The van der Waals surface area contributed by atoms with Crippen molar-refractivity contribution in [3.63, 3.8) is 0 Å². The number of aromatic nitrogens is 3. The van der Waals surface area contributed by atoms with Crippen LogP contribution < -0.4 is 0 Å². The molecule has 20 heavy (non-hydrogen) atoms. The van der Waals surface area contributed by atoms with Gasteiger partial charge in [0.15, 0.2) is 5.69 Å². The Morgan fingerprint density at radius 1 is 1.30 bits per heavy atom. The molecule has 0 aliphatic carbocycles. The molecule has 7 heteroatoms. The normalized spacial score (nSPS) is 18.1. The fraction of sp³-hybridized carbons (Fsp3) is 0.308. The quantitative estimate of drug-likeness (QED) is 0.854. The van der Waals surface area contributed by atoms with Crippen LogP contribution in [0.5, 0.6) is 0 Å². The lowest BCUT2D eigenvalue weighted by molar-refractivity contribution is 0.106. The Bertz CT molecular complexity index is 666. The van der Waals surface area contributed by atoms with Crippen molar-refractivity contribution >= 4 is 23.2 Å². The van der Waals surface area contributed by atoms with Crippen LogP contribution in [0.2, 0.25) is 10.0 Å². The number of rotatable bonds is 2. The molecule has 2 heterocycles. The molecule has 2 aromatic rings. The third-order valence-electron chi connectivity index (χ3n) is 3.14. The van der Waals surface area contributed by atoms with Gasteiger partial charge in [0, 0.05) is 16.7 Å². The highest BCUT2D eigenvalue weighted by Crippen LogP contribution is 2.32. The van der Waals surface area contributed by atoms with Crippen molar-refractivity contribution < 1.29 is 4.74 Å². The van der Waals surface area contributed by atoms with Gasteiger partial charge >= 0.3 is 0 Å². The van der Waals surface area contributed by atoms with E-state index in [-0.39, 0.29) is 11.8 Å². The van der Waals surface area contributed by atoms with Gasteiger partial charge in [-0.1, -0.05) is 28.4 Å². The van der Waals surface area contributed by atoms with Crippen molar-refractivity contribution in [3.8, 4) is 11.8 Å². The largest absolute Gasteiger partial charge is 0.372 e. The average molecular weight is 309 g/mol. The van der Waals surface area contributed by atoms with Gasteiger partial charge in [-0.15, -0.1) is 5.10 Å². The molecule has 0 bridgehead atoms. The summed E-state index contributed by atoms with van der Waals surface area (Å²) in [6.45, 7) is 0.678. The molecule has 1 fully saturated rings. The molecular formula is C13H10Cl2N4O. The lowest BCUT2D eigenvalue weighted by Crippen LogP contribution is -2.08. The number of halogens is 2. The molecule has 1 aliphatic rings. The minimum atomic E-state index is -0.169. The van der Waals surface area contributed by atoms with E-state index in [1.807, 2.05) is 0 Å². The number of nitriles is 1. The average Bonchev–Trinajstić information content (AvgIpc) is 3.06. The van der Waals surface area contributed by atoms with E-state index in [1.165, 1.54) is 0 Å². The van der Waals surface area contributed by atoms with Gasteiger partial charge in [0.25, 0.3) is 0 Å². The van der Waals surface area contributed by atoms with Crippen LogP contribution >= 0.6 is 23.2 Å². The van der Waals surface area contributed by atoms with Crippen LogP contribution in [-0.2, 0) is 4.74 Å². The van der Waals surface area contributed by atoms with Crippen molar-refractivity contribution in [1.29, 1.82) is 5.26 Å². The molecule has 1 atom stereocenters. The maximum atomic E-state index is 9.17. The summed E-state index contributed by atoms with van der Waals surface area (Å²) < 4.78 is 7.22. The van der Waals surface area contributed by atoms with Gasteiger partial charge in [0.05, 0.1) is 5.69 Å². The first-order valence-electron chi connectivity index (χ1n) is 6.13. The first-order chi connectivity index (χ1) is 9.69. The first kappa shape index (κ1) is 13.4. The molecule has 1 aromatic carbocycles. The fourth-order valence-corrected chi connectivity index (χ4v) is 2.82. The Morgan fingerprint density at radius 2 is 2.05 bits per heavy atom. The lowest BCUT2D eigenvalue weighted by atomic mass is 10.1. The van der Waals surface area contributed by atoms with Gasteiger partial charge in [-0.05, 0) is 31.0 Å². The standard InChI is InChI=1S/C13H10Cl2N4O/c14-8-4-9(15)6-10(5-8)19-13(11(7-16)17-18-19)12-2-1-3-20-12/h4-6,12H,1-3H2. The Kier molecular flexibility index (Phi) is 3.62. The Balaban J connectivity index is 2.14. The Labute approximate surface area is 125 Å². The highest BCUT2D eigenvalue weighted by molar-refractivity contribution is 6.34. The van der Waals surface area contributed by atoms with Gasteiger partial charge in [0.1, 0.15) is 17.9 Å². The van der Waals surface area contributed by atoms with Crippen LogP contribution in [0.4, 0.5) is 0 Å². The number of hydrogen-bond acceptors (Lipinski definition) is 4. The van der Waals surface area contributed by atoms with E-state index in [2.05, 4.69) is 16.4 Å². The predicted molar refractivity (Wildman–Crippen MR) is 74.0 cm³/mol. The number of benzene rings is 1. The highest BCUT2D eigenvalue weighted by Gasteiger charge is 2.27. The van der Waals surface area contributed by atoms with E-state index in [1.54, 1.807) is 22.9 Å². The summed E-state index contributed by atoms with van der Waals surface area (Å²) in [5.74, 6) is 0. The van der Waals surface area contributed by atoms with Gasteiger partial charge in [-0.2, -0.15) is 5.26 Å². The molecule has 1 unspecified atom stereocenters. The van der Waals surface area contributed by atoms with Crippen LogP contribution in [0.3, 0.4) is 0 Å². The summed E-state index contributed by atoms with van der Waals surface area (Å²) in [6.07, 6.45) is 1.63. The molecule has 0 saturated carbocycles. The maximum absolute atomic E-state index is 9.17. The van der Waals surface area contributed by atoms with E-state index in [0.717, 1.165) is 12.8 Å². The van der Waals surface area contributed by atoms with Gasteiger partial charge < -0.3 is 4.74 Å². The SMILES string of the molecule is N#Cc1nnn(-c2cc(Cl)cc(Cl)c2)c1C1CCCO1. The van der Waals surface area contributed by atoms with Crippen molar-refractivity contribution in [2.24, 2.45) is 0 Å². The topological polar surface area (TPSA) is 63.7 Å². The Hall–Kier alpha value is -1.61. The monoisotopic (exact) mass is 308 g/mol. The maximum Gasteiger partial charge on any atom is 0.189 e. The molecule has 5 nitrogen and oxygen atoms in total. The predicted octanol–water partition coefficient (Wildman–Crippen LogP) is 3.30. The van der Waals surface area contributed by atoms with Crippen molar-refractivity contribution in [3.05, 3.63) is 39.6 Å². The van der Waals surface area contributed by atoms with Crippen LogP contribution in [0, 0.1) is 11.3 Å². The second-order valence-corrected chi connectivity index (χ2v) is 5.35. The molecule has 1 aliphatic heterocycles. The fourth-order valence-electron chi connectivity index (χ4n) is 2.30. The second-order valence-electron chi connectivity index (χ2n) is 4.48. The smallest absolute Gasteiger partial charge is 0.189 e. The lowest BCUT2D eigenvalue weighted by Gasteiger charge is -2.12. The van der Waals surface area contributed by atoms with Gasteiger partial charge in [0.2, 0.25) is 0 Å². The van der Waals surface area contributed by atoms with Crippen molar-refractivity contribution in [2.45, 2.75) is 18.9 Å². The number of hydrogen-bond donors (Lipinski definition) is 0. The zero-order valence-electron chi connectivity index (χ0n) is 10.4. The molecule has 1 saturated heterocycles. The second kappa shape index (κ2) is 5.41. The van der Waals surface area contributed by atoms with E-state index >= 15 is 0 Å². The first-order valence-corrected chi connectivity index (χ1v) is 6.88. The molecule has 0 amide bonds. The minimum Gasteiger partial charge on any atom is -0.372 e. The molecule has 3 rings (SSSR count). The summed E-state index contributed by atoms with van der Waals surface area (Å²) in [4.78, 5) is 0. The molecule has 0 radical (unpaired) electrons. The number of nitrogens with zero attached hydrogens (tertiary/aromatic N) is 4. The summed E-state index contributed by atoms with van der Waals surface area (Å²) in [5.41, 5.74) is 1.60. The van der Waals surface area contributed by atoms with Crippen LogP contribution in [0.1, 0.15) is 30.3 Å². The van der Waals surface area contributed by atoms with Gasteiger partial charge in [-0.25, -0.2) is 4.68 Å². The van der Waals surface area contributed by atoms with E-state index in [9.17, 15) is 5.26 Å². The van der Waals surface area contributed by atoms with Crippen molar-refractivity contribution in [2.75, 3.05) is 6.61 Å². The molecule has 1 aromatic heterocycles. The summed E-state index contributed by atoms with van der Waals surface area (Å²) in [7, 11) is 0. The Morgan fingerprint density at radius 3 is 2.65 bits per heavy atom. The molecule has 0 N–H and O–H groups in total. The van der Waals surface area contributed by atoms with E-state index in [0.29, 0.717) is 28.0 Å². The van der Waals surface area contributed by atoms with E-state index in [4.69, 9.17) is 27.9 Å². The minimum absolute atomic E-state index is 0.169. The molecule has 0 spiro atoms. The third-order valence-corrected chi connectivity index (χ3v) is 3.57. The summed E-state index contributed by atoms with van der Waals surface area (Å²) in [5, 5.41) is 18.1. The zero-order valence-corrected chi connectivity index (χ0v) is 11.9. The van der Waals surface area contributed by atoms with Crippen LogP contribution in [0.15, 0.2) is 18.2 Å².